The van der Waals surface area contributed by atoms with Gasteiger partial charge in [-0.25, -0.2) is 0 Å². The van der Waals surface area contributed by atoms with E-state index in [4.69, 9.17) is 4.42 Å². The number of aliphatic hydroxyl groups is 1. The number of nitrogens with zero attached hydrogens (tertiary/aromatic N) is 1. The smallest absolute Gasteiger partial charge is 0.254 e. The molecule has 0 aromatic carbocycles. The Hall–Kier alpha value is -1.66. The van der Waals surface area contributed by atoms with Gasteiger partial charge in [-0.05, 0) is 34.5 Å². The van der Waals surface area contributed by atoms with Crippen LogP contribution in [0.4, 0.5) is 0 Å². The van der Waals surface area contributed by atoms with E-state index in [1.807, 2.05) is 18.2 Å². The van der Waals surface area contributed by atoms with Crippen LogP contribution in [0.5, 0.6) is 0 Å². The number of furan rings is 1. The lowest BCUT2D eigenvalue weighted by molar-refractivity contribution is 0.0939. The third-order valence-corrected chi connectivity index (χ3v) is 3.28. The molecule has 2 N–H and O–H groups in total. The number of amides is 1. The van der Waals surface area contributed by atoms with Gasteiger partial charge >= 0.3 is 0 Å². The number of rotatable bonds is 6. The van der Waals surface area contributed by atoms with Crippen molar-refractivity contribution in [3.8, 4) is 0 Å². The summed E-state index contributed by atoms with van der Waals surface area (Å²) in [5, 5.41) is 12.1. The highest BCUT2D eigenvalue weighted by Gasteiger charge is 2.13. The maximum atomic E-state index is 11.8. The molecule has 0 aliphatic heterocycles. The van der Waals surface area contributed by atoms with Gasteiger partial charge in [-0.15, -0.1) is 0 Å². The minimum Gasteiger partial charge on any atom is -0.457 e. The molecule has 2 aromatic rings. The Morgan fingerprint density at radius 2 is 2.35 bits per heavy atom. The molecule has 0 fully saturated rings. The molecule has 2 heterocycles. The summed E-state index contributed by atoms with van der Waals surface area (Å²) in [5.41, 5.74) is 1.35. The van der Waals surface area contributed by atoms with Crippen molar-refractivity contribution >= 4 is 21.8 Å². The van der Waals surface area contributed by atoms with Crippen LogP contribution in [-0.2, 0) is 6.42 Å². The van der Waals surface area contributed by atoms with Gasteiger partial charge in [-0.3, -0.25) is 9.78 Å². The number of carbonyl (C=O) groups is 1. The summed E-state index contributed by atoms with van der Waals surface area (Å²) in [5.74, 6) is -0.289. The second-order valence-electron chi connectivity index (χ2n) is 4.42. The zero-order valence-electron chi connectivity index (χ0n) is 10.8. The number of nitrogens with one attached hydrogen (secondary N) is 1. The number of hydrogen-bond acceptors (Lipinski definition) is 4. The maximum Gasteiger partial charge on any atom is 0.254 e. The summed E-state index contributed by atoms with van der Waals surface area (Å²) in [6, 6.07) is 7.24. The third kappa shape index (κ3) is 4.18. The molecular formula is C14H15BrN2O3. The van der Waals surface area contributed by atoms with Gasteiger partial charge in [0.25, 0.3) is 5.91 Å². The Morgan fingerprint density at radius 1 is 1.50 bits per heavy atom. The van der Waals surface area contributed by atoms with Crippen LogP contribution >= 0.6 is 15.9 Å². The molecule has 1 atom stereocenters. The maximum absolute atomic E-state index is 11.8. The molecule has 1 amide bonds. The Balaban J connectivity index is 1.86. The lowest BCUT2D eigenvalue weighted by Gasteiger charge is -2.14. The topological polar surface area (TPSA) is 75.4 Å². The quantitative estimate of drug-likeness (QED) is 0.844. The summed E-state index contributed by atoms with van der Waals surface area (Å²) < 4.78 is 5.52. The Kier molecular flexibility index (Phi) is 5.31. The monoisotopic (exact) mass is 338 g/mol. The minimum atomic E-state index is -0.223. The predicted molar refractivity (Wildman–Crippen MR) is 77.3 cm³/mol. The van der Waals surface area contributed by atoms with Gasteiger partial charge < -0.3 is 14.8 Å². The fourth-order valence-electron chi connectivity index (χ4n) is 1.78. The van der Waals surface area contributed by atoms with Crippen LogP contribution in [0, 0.1) is 5.92 Å². The lowest BCUT2D eigenvalue weighted by atomic mass is 10.0. The highest BCUT2D eigenvalue weighted by molar-refractivity contribution is 9.10. The standard InChI is InChI=1S/C14H15BrN2O3/c15-13-6-11(9-20-13)14(19)17-7-10(8-18)5-12-3-1-2-4-16-12/h1-4,6,9-10,18H,5,7-8H2,(H,17,19). The molecule has 1 unspecified atom stereocenters. The van der Waals surface area contributed by atoms with E-state index in [-0.39, 0.29) is 18.4 Å². The molecule has 0 radical (unpaired) electrons. The number of aliphatic hydroxyl groups excluding tert-OH is 1. The zero-order chi connectivity index (χ0) is 14.4. The molecular weight excluding hydrogens is 324 g/mol. The number of aromatic nitrogens is 1. The van der Waals surface area contributed by atoms with E-state index in [1.54, 1.807) is 12.3 Å². The Bertz CT molecular complexity index is 557. The van der Waals surface area contributed by atoms with E-state index in [2.05, 4.69) is 26.2 Å². The van der Waals surface area contributed by atoms with Crippen LogP contribution in [-0.4, -0.2) is 29.1 Å². The summed E-state index contributed by atoms with van der Waals surface area (Å²) in [4.78, 5) is 16.1. The number of halogens is 1. The molecule has 0 aliphatic rings. The van der Waals surface area contributed by atoms with E-state index in [1.165, 1.54) is 6.26 Å². The molecule has 20 heavy (non-hydrogen) atoms. The normalized spacial score (nSPS) is 12.1. The SMILES string of the molecule is O=C(NCC(CO)Cc1ccccn1)c1coc(Br)c1. The summed E-state index contributed by atoms with van der Waals surface area (Å²) >= 11 is 3.14. The van der Waals surface area contributed by atoms with Crippen molar-refractivity contribution in [3.05, 3.63) is 52.7 Å². The molecule has 2 rings (SSSR count). The first-order valence-electron chi connectivity index (χ1n) is 6.22. The van der Waals surface area contributed by atoms with Crippen molar-refractivity contribution in [2.24, 2.45) is 5.92 Å². The number of pyridine rings is 1. The molecule has 0 bridgehead atoms. The van der Waals surface area contributed by atoms with E-state index in [0.717, 1.165) is 5.69 Å². The molecule has 0 spiro atoms. The predicted octanol–water partition coefficient (Wildman–Crippen LogP) is 2.02. The van der Waals surface area contributed by atoms with Crippen molar-refractivity contribution in [3.63, 3.8) is 0 Å². The summed E-state index contributed by atoms with van der Waals surface area (Å²) in [7, 11) is 0. The van der Waals surface area contributed by atoms with Crippen molar-refractivity contribution in [1.29, 1.82) is 0 Å². The Morgan fingerprint density at radius 3 is 2.95 bits per heavy atom. The molecule has 0 aliphatic carbocycles. The van der Waals surface area contributed by atoms with E-state index in [9.17, 15) is 9.90 Å². The summed E-state index contributed by atoms with van der Waals surface area (Å²) in [6.45, 7) is 0.376. The van der Waals surface area contributed by atoms with Crippen LogP contribution in [0.1, 0.15) is 16.1 Å². The third-order valence-electron chi connectivity index (χ3n) is 2.86. The van der Waals surface area contributed by atoms with Crippen molar-refractivity contribution in [2.45, 2.75) is 6.42 Å². The van der Waals surface area contributed by atoms with Crippen molar-refractivity contribution < 1.29 is 14.3 Å². The molecule has 0 saturated heterocycles. The van der Waals surface area contributed by atoms with E-state index >= 15 is 0 Å². The van der Waals surface area contributed by atoms with Gasteiger partial charge in [0.05, 0.1) is 5.56 Å². The van der Waals surface area contributed by atoms with Gasteiger partial charge in [0.15, 0.2) is 4.67 Å². The van der Waals surface area contributed by atoms with Gasteiger partial charge in [-0.1, -0.05) is 6.07 Å². The van der Waals surface area contributed by atoms with E-state index < -0.39 is 0 Å². The first-order valence-corrected chi connectivity index (χ1v) is 7.01. The molecule has 0 saturated carbocycles. The molecule has 106 valence electrons. The number of carbonyl (C=O) groups excluding carboxylic acids is 1. The van der Waals surface area contributed by atoms with Gasteiger partial charge in [0, 0.05) is 37.0 Å². The largest absolute Gasteiger partial charge is 0.457 e. The first-order chi connectivity index (χ1) is 9.69. The average molecular weight is 339 g/mol. The van der Waals surface area contributed by atoms with Crippen molar-refractivity contribution in [2.75, 3.05) is 13.2 Å². The molecule has 6 heteroatoms. The van der Waals surface area contributed by atoms with Gasteiger partial charge in [0.1, 0.15) is 6.26 Å². The fraction of sp³-hybridized carbons (Fsp3) is 0.286. The zero-order valence-corrected chi connectivity index (χ0v) is 12.3. The van der Waals surface area contributed by atoms with Crippen LogP contribution in [0.25, 0.3) is 0 Å². The summed E-state index contributed by atoms with van der Waals surface area (Å²) in [6.07, 6.45) is 3.71. The highest BCUT2D eigenvalue weighted by atomic mass is 79.9. The second kappa shape index (κ2) is 7.21. The van der Waals surface area contributed by atoms with Gasteiger partial charge in [-0.2, -0.15) is 0 Å². The van der Waals surface area contributed by atoms with Crippen LogP contribution < -0.4 is 5.32 Å². The lowest BCUT2D eigenvalue weighted by Crippen LogP contribution is -2.31. The highest BCUT2D eigenvalue weighted by Crippen LogP contribution is 2.14. The van der Waals surface area contributed by atoms with Crippen molar-refractivity contribution in [1.82, 2.24) is 10.3 Å². The van der Waals surface area contributed by atoms with Crippen LogP contribution in [0.3, 0.4) is 0 Å². The molecule has 5 nitrogen and oxygen atoms in total. The van der Waals surface area contributed by atoms with Gasteiger partial charge in [0.2, 0.25) is 0 Å². The fourth-order valence-corrected chi connectivity index (χ4v) is 2.12. The van der Waals surface area contributed by atoms with E-state index in [0.29, 0.717) is 23.2 Å². The number of hydrogen-bond donors (Lipinski definition) is 2. The van der Waals surface area contributed by atoms with Crippen LogP contribution in [0.15, 0.2) is 45.8 Å². The first kappa shape index (κ1) is 14.7. The second-order valence-corrected chi connectivity index (χ2v) is 5.20. The Labute approximate surface area is 125 Å². The minimum absolute atomic E-state index is 0.00800. The van der Waals surface area contributed by atoms with Crippen LogP contribution in [0.2, 0.25) is 0 Å². The molecule has 2 aromatic heterocycles. The average Bonchev–Trinajstić information content (AvgIpc) is 2.91.